The number of rotatable bonds is 3. The number of hydrogen-bond donors (Lipinski definition) is 1. The predicted octanol–water partition coefficient (Wildman–Crippen LogP) is 3.97. The van der Waals surface area contributed by atoms with Crippen LogP contribution in [-0.4, -0.2) is 28.5 Å². The highest BCUT2D eigenvalue weighted by molar-refractivity contribution is 8.00. The van der Waals surface area contributed by atoms with Gasteiger partial charge in [0.2, 0.25) is 0 Å². The van der Waals surface area contributed by atoms with E-state index in [-0.39, 0.29) is 5.60 Å². The third kappa shape index (κ3) is 3.01. The molecule has 1 aromatic carbocycles. The molecule has 1 unspecified atom stereocenters. The molecule has 0 radical (unpaired) electrons. The van der Waals surface area contributed by atoms with Gasteiger partial charge in [0.15, 0.2) is 0 Å². The van der Waals surface area contributed by atoms with Gasteiger partial charge in [0, 0.05) is 16.8 Å². The fraction of sp³-hybridized carbons (Fsp3) is 0.562. The van der Waals surface area contributed by atoms with Crippen molar-refractivity contribution in [2.75, 3.05) is 6.61 Å². The number of carboxylic acids is 1. The summed E-state index contributed by atoms with van der Waals surface area (Å²) in [6.07, 6.45) is 7.12. The van der Waals surface area contributed by atoms with Crippen LogP contribution in [0.25, 0.3) is 0 Å². The second-order valence-corrected chi connectivity index (χ2v) is 7.18. The summed E-state index contributed by atoms with van der Waals surface area (Å²) >= 11 is 1.81. The zero-order chi connectivity index (χ0) is 14.0. The van der Waals surface area contributed by atoms with Gasteiger partial charge in [0.1, 0.15) is 0 Å². The molecule has 0 bridgehead atoms. The minimum absolute atomic E-state index is 0.125. The molecule has 1 saturated heterocycles. The van der Waals surface area contributed by atoms with Crippen molar-refractivity contribution >= 4 is 17.7 Å². The molecule has 1 aromatic rings. The van der Waals surface area contributed by atoms with E-state index in [4.69, 9.17) is 9.84 Å². The van der Waals surface area contributed by atoms with Crippen LogP contribution in [-0.2, 0) is 4.74 Å². The monoisotopic (exact) mass is 292 g/mol. The van der Waals surface area contributed by atoms with Gasteiger partial charge in [-0.05, 0) is 43.9 Å². The summed E-state index contributed by atoms with van der Waals surface area (Å²) in [4.78, 5) is 12.1. The highest BCUT2D eigenvalue weighted by atomic mass is 32.2. The van der Waals surface area contributed by atoms with Crippen LogP contribution in [0.2, 0.25) is 0 Å². The molecule has 3 rings (SSSR count). The molecule has 1 heterocycles. The normalized spacial score (nSPS) is 24.9. The summed E-state index contributed by atoms with van der Waals surface area (Å²) in [7, 11) is 0. The minimum atomic E-state index is -0.855. The van der Waals surface area contributed by atoms with Gasteiger partial charge in [-0.25, -0.2) is 4.79 Å². The summed E-state index contributed by atoms with van der Waals surface area (Å²) in [5.41, 5.74) is 0.498. The van der Waals surface area contributed by atoms with Crippen molar-refractivity contribution in [3.63, 3.8) is 0 Å². The lowest BCUT2D eigenvalue weighted by molar-refractivity contribution is -0.0704. The van der Waals surface area contributed by atoms with Crippen molar-refractivity contribution in [1.29, 1.82) is 0 Å². The highest BCUT2D eigenvalue weighted by Crippen LogP contribution is 2.44. The first-order chi connectivity index (χ1) is 9.67. The SMILES string of the molecule is O=C(O)c1cccc(SC2CCOC3(CCCC3)C2)c1. The summed E-state index contributed by atoms with van der Waals surface area (Å²) in [5, 5.41) is 9.60. The molecule has 2 fully saturated rings. The molecule has 3 nitrogen and oxygen atoms in total. The fourth-order valence-corrected chi connectivity index (χ4v) is 4.68. The highest BCUT2D eigenvalue weighted by Gasteiger charge is 2.40. The van der Waals surface area contributed by atoms with Gasteiger partial charge in [-0.1, -0.05) is 18.9 Å². The molecule has 4 heteroatoms. The van der Waals surface area contributed by atoms with E-state index < -0.39 is 5.97 Å². The summed E-state index contributed by atoms with van der Waals surface area (Å²) < 4.78 is 6.05. The number of aromatic carboxylic acids is 1. The van der Waals surface area contributed by atoms with Gasteiger partial charge in [0.25, 0.3) is 0 Å². The molecule has 1 atom stereocenters. The molecule has 0 aromatic heterocycles. The minimum Gasteiger partial charge on any atom is -0.478 e. The first-order valence-electron chi connectivity index (χ1n) is 7.31. The van der Waals surface area contributed by atoms with Crippen molar-refractivity contribution in [3.8, 4) is 0 Å². The van der Waals surface area contributed by atoms with Crippen molar-refractivity contribution in [3.05, 3.63) is 29.8 Å². The Bertz CT molecular complexity index is 494. The molecule has 1 spiro atoms. The number of ether oxygens (including phenoxy) is 1. The van der Waals surface area contributed by atoms with Gasteiger partial charge < -0.3 is 9.84 Å². The average molecular weight is 292 g/mol. The first kappa shape index (κ1) is 14.0. The number of carboxylic acid groups (broad SMARTS) is 1. The van der Waals surface area contributed by atoms with E-state index in [9.17, 15) is 4.79 Å². The Hall–Kier alpha value is -1.00. The topological polar surface area (TPSA) is 46.5 Å². The summed E-state index contributed by atoms with van der Waals surface area (Å²) in [6, 6.07) is 7.27. The maximum atomic E-state index is 11.0. The van der Waals surface area contributed by atoms with Crippen molar-refractivity contribution in [2.45, 2.75) is 54.3 Å². The van der Waals surface area contributed by atoms with Crippen LogP contribution in [0.3, 0.4) is 0 Å². The van der Waals surface area contributed by atoms with Crippen LogP contribution in [0.15, 0.2) is 29.2 Å². The van der Waals surface area contributed by atoms with Crippen LogP contribution in [0.1, 0.15) is 48.9 Å². The van der Waals surface area contributed by atoms with E-state index in [1.807, 2.05) is 23.9 Å². The molecule has 1 aliphatic carbocycles. The quantitative estimate of drug-likeness (QED) is 0.915. The Morgan fingerprint density at radius 3 is 2.90 bits per heavy atom. The Morgan fingerprint density at radius 2 is 2.15 bits per heavy atom. The number of carbonyl (C=O) groups is 1. The summed E-state index contributed by atoms with van der Waals surface area (Å²) in [6.45, 7) is 0.844. The van der Waals surface area contributed by atoms with E-state index in [0.29, 0.717) is 10.8 Å². The standard InChI is InChI=1S/C16H20O3S/c17-15(18)12-4-3-5-13(10-12)20-14-6-9-19-16(11-14)7-1-2-8-16/h3-5,10,14H,1-2,6-9,11H2,(H,17,18). The van der Waals surface area contributed by atoms with Crippen LogP contribution >= 0.6 is 11.8 Å². The van der Waals surface area contributed by atoms with E-state index in [1.54, 1.807) is 12.1 Å². The molecule has 0 amide bonds. The van der Waals surface area contributed by atoms with Crippen molar-refractivity contribution in [1.82, 2.24) is 0 Å². The second kappa shape index (κ2) is 5.78. The Balaban J connectivity index is 1.68. The Labute approximate surface area is 123 Å². The van der Waals surface area contributed by atoms with E-state index in [0.717, 1.165) is 24.3 Å². The molecule has 1 saturated carbocycles. The largest absolute Gasteiger partial charge is 0.478 e. The average Bonchev–Trinajstić information content (AvgIpc) is 2.87. The van der Waals surface area contributed by atoms with Crippen LogP contribution in [0, 0.1) is 0 Å². The smallest absolute Gasteiger partial charge is 0.335 e. The summed E-state index contributed by atoms with van der Waals surface area (Å²) in [5.74, 6) is -0.855. The van der Waals surface area contributed by atoms with Crippen LogP contribution in [0.4, 0.5) is 0 Å². The molecule has 2 aliphatic rings. The van der Waals surface area contributed by atoms with Gasteiger partial charge in [-0.2, -0.15) is 0 Å². The van der Waals surface area contributed by atoms with E-state index in [1.165, 1.54) is 25.7 Å². The maximum Gasteiger partial charge on any atom is 0.335 e. The van der Waals surface area contributed by atoms with Crippen LogP contribution in [0.5, 0.6) is 0 Å². The lowest BCUT2D eigenvalue weighted by Gasteiger charge is -2.38. The van der Waals surface area contributed by atoms with E-state index in [2.05, 4.69) is 0 Å². The number of thioether (sulfide) groups is 1. The molecule has 20 heavy (non-hydrogen) atoms. The first-order valence-corrected chi connectivity index (χ1v) is 8.19. The third-order valence-corrected chi connectivity index (χ3v) is 5.61. The Kier molecular flexibility index (Phi) is 4.03. The second-order valence-electron chi connectivity index (χ2n) is 5.80. The lowest BCUT2D eigenvalue weighted by Crippen LogP contribution is -2.38. The molecular weight excluding hydrogens is 272 g/mol. The fourth-order valence-electron chi connectivity index (χ4n) is 3.35. The van der Waals surface area contributed by atoms with Crippen molar-refractivity contribution in [2.24, 2.45) is 0 Å². The number of hydrogen-bond acceptors (Lipinski definition) is 3. The van der Waals surface area contributed by atoms with Crippen molar-refractivity contribution < 1.29 is 14.6 Å². The van der Waals surface area contributed by atoms with Gasteiger partial charge in [-0.3, -0.25) is 0 Å². The molecule has 108 valence electrons. The molecule has 1 N–H and O–H groups in total. The van der Waals surface area contributed by atoms with Gasteiger partial charge in [0.05, 0.1) is 11.2 Å². The Morgan fingerprint density at radius 1 is 1.35 bits per heavy atom. The maximum absolute atomic E-state index is 11.0. The predicted molar refractivity (Wildman–Crippen MR) is 79.4 cm³/mol. The zero-order valence-electron chi connectivity index (χ0n) is 11.5. The van der Waals surface area contributed by atoms with Crippen LogP contribution < -0.4 is 0 Å². The zero-order valence-corrected chi connectivity index (χ0v) is 12.3. The number of benzene rings is 1. The molecule has 1 aliphatic heterocycles. The van der Waals surface area contributed by atoms with Gasteiger partial charge >= 0.3 is 5.97 Å². The molecular formula is C16H20O3S. The third-order valence-electron chi connectivity index (χ3n) is 4.35. The van der Waals surface area contributed by atoms with Gasteiger partial charge in [-0.15, -0.1) is 11.8 Å². The lowest BCUT2D eigenvalue weighted by atomic mass is 9.92. The van der Waals surface area contributed by atoms with E-state index >= 15 is 0 Å².